The average molecular weight is 371 g/mol. The Labute approximate surface area is 157 Å². The van der Waals surface area contributed by atoms with Gasteiger partial charge in [0.15, 0.2) is 5.82 Å². The van der Waals surface area contributed by atoms with Crippen LogP contribution < -0.4 is 11.1 Å². The van der Waals surface area contributed by atoms with Crippen LogP contribution in [-0.2, 0) is 6.54 Å². The topological polar surface area (TPSA) is 55.9 Å². The fraction of sp³-hybridized carbons (Fsp3) is 0.150. The maximum atomic E-state index is 13.2. The van der Waals surface area contributed by atoms with Gasteiger partial charge in [-0.15, -0.1) is 12.4 Å². The van der Waals surface area contributed by atoms with Gasteiger partial charge in [0, 0.05) is 42.1 Å². The van der Waals surface area contributed by atoms with E-state index in [4.69, 9.17) is 5.73 Å². The standard InChI is InChI=1S/C20H19FN4.ClH/c21-15-7-5-14(6-8-15)13-25-18-4-2-1-3-16(18)17-9-11-23-20(19(17)25)24-12-10-22;/h1-9,11H,10,12-13,22H2,(H,23,24);1H. The summed E-state index contributed by atoms with van der Waals surface area (Å²) in [6.07, 6.45) is 1.82. The summed E-state index contributed by atoms with van der Waals surface area (Å²) in [6, 6.07) is 17.0. The Morgan fingerprint density at radius 1 is 1.00 bits per heavy atom. The van der Waals surface area contributed by atoms with Crippen molar-refractivity contribution >= 4 is 40.0 Å². The van der Waals surface area contributed by atoms with Crippen LogP contribution in [-0.4, -0.2) is 22.6 Å². The Kier molecular flexibility index (Phi) is 5.40. The summed E-state index contributed by atoms with van der Waals surface area (Å²) < 4.78 is 15.5. The second-order valence-corrected chi connectivity index (χ2v) is 6.00. The molecule has 2 heterocycles. The van der Waals surface area contributed by atoms with Crippen molar-refractivity contribution in [2.75, 3.05) is 18.4 Å². The van der Waals surface area contributed by atoms with E-state index in [0.717, 1.165) is 27.8 Å². The predicted molar refractivity (Wildman–Crippen MR) is 108 cm³/mol. The minimum Gasteiger partial charge on any atom is -0.367 e. The van der Waals surface area contributed by atoms with Crippen molar-refractivity contribution in [2.24, 2.45) is 5.73 Å². The predicted octanol–water partition coefficient (Wildman–Crippen LogP) is 4.17. The van der Waals surface area contributed by atoms with Crippen molar-refractivity contribution < 1.29 is 4.39 Å². The van der Waals surface area contributed by atoms with Crippen LogP contribution in [0.2, 0.25) is 0 Å². The number of benzene rings is 2. The second-order valence-electron chi connectivity index (χ2n) is 6.00. The van der Waals surface area contributed by atoms with Crippen molar-refractivity contribution in [3.8, 4) is 0 Å². The number of para-hydroxylation sites is 1. The van der Waals surface area contributed by atoms with E-state index in [1.807, 2.05) is 36.5 Å². The lowest BCUT2D eigenvalue weighted by Crippen LogP contribution is -2.14. The summed E-state index contributed by atoms with van der Waals surface area (Å²) in [5.41, 5.74) is 8.85. The van der Waals surface area contributed by atoms with E-state index < -0.39 is 0 Å². The number of hydrogen-bond acceptors (Lipinski definition) is 3. The maximum Gasteiger partial charge on any atom is 0.150 e. The number of anilines is 1. The van der Waals surface area contributed by atoms with Crippen LogP contribution in [0.1, 0.15) is 5.56 Å². The molecule has 6 heteroatoms. The van der Waals surface area contributed by atoms with Crippen LogP contribution in [0.4, 0.5) is 10.2 Å². The molecule has 4 rings (SSSR count). The largest absolute Gasteiger partial charge is 0.367 e. The van der Waals surface area contributed by atoms with Crippen LogP contribution in [0.15, 0.2) is 60.8 Å². The number of nitrogens with two attached hydrogens (primary N) is 1. The first-order valence-electron chi connectivity index (χ1n) is 8.32. The van der Waals surface area contributed by atoms with E-state index in [2.05, 4.69) is 27.0 Å². The number of pyridine rings is 1. The molecule has 0 radical (unpaired) electrons. The first-order chi connectivity index (χ1) is 12.3. The molecular weight excluding hydrogens is 351 g/mol. The van der Waals surface area contributed by atoms with Gasteiger partial charge in [-0.05, 0) is 29.8 Å². The molecule has 0 fully saturated rings. The molecule has 26 heavy (non-hydrogen) atoms. The van der Waals surface area contributed by atoms with Crippen molar-refractivity contribution in [1.82, 2.24) is 9.55 Å². The highest BCUT2D eigenvalue weighted by atomic mass is 35.5. The first kappa shape index (κ1) is 18.2. The van der Waals surface area contributed by atoms with Crippen LogP contribution in [0, 0.1) is 5.82 Å². The Morgan fingerprint density at radius 3 is 2.54 bits per heavy atom. The average Bonchev–Trinajstić information content (AvgIpc) is 2.97. The minimum absolute atomic E-state index is 0. The van der Waals surface area contributed by atoms with E-state index >= 15 is 0 Å². The second kappa shape index (κ2) is 7.72. The van der Waals surface area contributed by atoms with Gasteiger partial charge >= 0.3 is 0 Å². The molecule has 0 saturated carbocycles. The molecule has 0 saturated heterocycles. The third-order valence-electron chi connectivity index (χ3n) is 4.37. The van der Waals surface area contributed by atoms with Gasteiger partial charge in [-0.25, -0.2) is 9.37 Å². The van der Waals surface area contributed by atoms with Gasteiger partial charge in [0.2, 0.25) is 0 Å². The summed E-state index contributed by atoms with van der Waals surface area (Å²) in [6.45, 7) is 1.84. The number of nitrogens with one attached hydrogen (secondary N) is 1. The summed E-state index contributed by atoms with van der Waals surface area (Å²) in [5.74, 6) is 0.596. The van der Waals surface area contributed by atoms with Crippen molar-refractivity contribution in [3.05, 3.63) is 72.2 Å². The lowest BCUT2D eigenvalue weighted by molar-refractivity contribution is 0.626. The van der Waals surface area contributed by atoms with Gasteiger partial charge in [0.1, 0.15) is 5.82 Å². The minimum atomic E-state index is -0.224. The molecule has 0 spiro atoms. The normalized spacial score (nSPS) is 10.8. The molecule has 0 atom stereocenters. The van der Waals surface area contributed by atoms with E-state index in [9.17, 15) is 4.39 Å². The van der Waals surface area contributed by atoms with Crippen molar-refractivity contribution in [1.29, 1.82) is 0 Å². The van der Waals surface area contributed by atoms with Crippen molar-refractivity contribution in [3.63, 3.8) is 0 Å². The summed E-state index contributed by atoms with van der Waals surface area (Å²) >= 11 is 0. The van der Waals surface area contributed by atoms with Crippen molar-refractivity contribution in [2.45, 2.75) is 6.54 Å². The van der Waals surface area contributed by atoms with Crippen LogP contribution >= 0.6 is 12.4 Å². The maximum absolute atomic E-state index is 13.2. The van der Waals surface area contributed by atoms with Gasteiger partial charge in [0.05, 0.1) is 5.52 Å². The number of nitrogens with zero attached hydrogens (tertiary/aromatic N) is 2. The summed E-state index contributed by atoms with van der Waals surface area (Å²) in [5, 5.41) is 5.64. The molecule has 2 aromatic heterocycles. The number of fused-ring (bicyclic) bond motifs is 3. The SMILES string of the molecule is Cl.NCCNc1nccc2c3ccccc3n(Cc3ccc(F)cc3)c12. The number of halogens is 2. The Hall–Kier alpha value is -2.63. The molecule has 0 bridgehead atoms. The molecule has 134 valence electrons. The molecule has 4 nitrogen and oxygen atoms in total. The molecule has 0 unspecified atom stereocenters. The number of aromatic nitrogens is 2. The quantitative estimate of drug-likeness (QED) is 0.554. The fourth-order valence-corrected chi connectivity index (χ4v) is 3.26. The van der Waals surface area contributed by atoms with Gasteiger partial charge < -0.3 is 15.6 Å². The lowest BCUT2D eigenvalue weighted by atomic mass is 10.2. The molecule has 0 aliphatic heterocycles. The first-order valence-corrected chi connectivity index (χ1v) is 8.32. The highest BCUT2D eigenvalue weighted by Crippen LogP contribution is 2.33. The number of hydrogen-bond donors (Lipinski definition) is 2. The fourth-order valence-electron chi connectivity index (χ4n) is 3.26. The van der Waals surface area contributed by atoms with E-state index in [-0.39, 0.29) is 18.2 Å². The van der Waals surface area contributed by atoms with Crippen LogP contribution in [0.25, 0.3) is 21.8 Å². The molecular formula is C20H20ClFN4. The zero-order chi connectivity index (χ0) is 17.2. The Bertz CT molecular complexity index is 1030. The van der Waals surface area contributed by atoms with Gasteiger partial charge in [-0.2, -0.15) is 0 Å². The lowest BCUT2D eigenvalue weighted by Gasteiger charge is -2.11. The molecule has 3 N–H and O–H groups in total. The highest BCUT2D eigenvalue weighted by Gasteiger charge is 2.14. The monoisotopic (exact) mass is 370 g/mol. The van der Waals surface area contributed by atoms with Crippen LogP contribution in [0.5, 0.6) is 0 Å². The van der Waals surface area contributed by atoms with E-state index in [1.54, 1.807) is 0 Å². The Morgan fingerprint density at radius 2 is 1.77 bits per heavy atom. The molecule has 0 aliphatic carbocycles. The number of rotatable bonds is 5. The van der Waals surface area contributed by atoms with E-state index in [0.29, 0.717) is 19.6 Å². The molecule has 0 amide bonds. The van der Waals surface area contributed by atoms with E-state index in [1.165, 1.54) is 17.5 Å². The van der Waals surface area contributed by atoms with Gasteiger partial charge in [-0.1, -0.05) is 30.3 Å². The van der Waals surface area contributed by atoms with Crippen LogP contribution in [0.3, 0.4) is 0 Å². The smallest absolute Gasteiger partial charge is 0.150 e. The third kappa shape index (κ3) is 3.23. The zero-order valence-corrected chi connectivity index (χ0v) is 15.0. The third-order valence-corrected chi connectivity index (χ3v) is 4.37. The molecule has 0 aliphatic rings. The van der Waals surface area contributed by atoms with Gasteiger partial charge in [0.25, 0.3) is 0 Å². The zero-order valence-electron chi connectivity index (χ0n) is 14.2. The summed E-state index contributed by atoms with van der Waals surface area (Å²) in [4.78, 5) is 4.51. The highest BCUT2D eigenvalue weighted by molar-refractivity contribution is 6.11. The molecule has 2 aromatic carbocycles. The Balaban J connectivity index is 0.00000196. The summed E-state index contributed by atoms with van der Waals surface area (Å²) in [7, 11) is 0. The van der Waals surface area contributed by atoms with Gasteiger partial charge in [-0.3, -0.25) is 0 Å². The molecule has 4 aromatic rings.